The number of aromatic amines is 1. The smallest absolute Gasteiger partial charge is 0.139 e. The Bertz CT molecular complexity index is 697. The minimum absolute atomic E-state index is 0.613. The van der Waals surface area contributed by atoms with Crippen molar-refractivity contribution in [1.82, 2.24) is 9.97 Å². The Labute approximate surface area is 125 Å². The highest BCUT2D eigenvalue weighted by Gasteiger charge is 2.11. The van der Waals surface area contributed by atoms with Gasteiger partial charge in [0.05, 0.1) is 5.69 Å². The van der Waals surface area contributed by atoms with Gasteiger partial charge in [-0.05, 0) is 36.6 Å². The highest BCUT2D eigenvalue weighted by Crippen LogP contribution is 2.30. The van der Waals surface area contributed by atoms with E-state index in [1.54, 1.807) is 17.4 Å². The van der Waals surface area contributed by atoms with Crippen molar-refractivity contribution in [3.05, 3.63) is 50.8 Å². The summed E-state index contributed by atoms with van der Waals surface area (Å²) in [6.45, 7) is 1.99. The lowest BCUT2D eigenvalue weighted by Gasteiger charge is -2.00. The van der Waals surface area contributed by atoms with Gasteiger partial charge >= 0.3 is 0 Å². The van der Waals surface area contributed by atoms with Crippen LogP contribution in [0.3, 0.4) is 0 Å². The van der Waals surface area contributed by atoms with Crippen molar-refractivity contribution in [2.45, 2.75) is 6.92 Å². The molecule has 0 amide bonds. The minimum atomic E-state index is 0.613. The molecule has 0 aliphatic rings. The minimum Gasteiger partial charge on any atom is -0.342 e. The number of benzene rings is 1. The van der Waals surface area contributed by atoms with Gasteiger partial charge in [-0.3, -0.25) is 0 Å². The molecule has 3 aromatic rings. The fraction of sp³-hybridized carbons (Fsp3) is 0.0714. The Morgan fingerprint density at radius 3 is 2.47 bits per heavy atom. The molecule has 2 heterocycles. The van der Waals surface area contributed by atoms with Crippen LogP contribution in [-0.2, 0) is 0 Å². The topological polar surface area (TPSA) is 28.7 Å². The van der Waals surface area contributed by atoms with Gasteiger partial charge in [-0.2, -0.15) is 11.3 Å². The highest BCUT2D eigenvalue weighted by molar-refractivity contribution is 7.08. The highest BCUT2D eigenvalue weighted by atomic mass is 35.5. The molecular weight excluding hydrogens is 299 g/mol. The van der Waals surface area contributed by atoms with Crippen LogP contribution in [0, 0.1) is 6.92 Å². The van der Waals surface area contributed by atoms with E-state index in [9.17, 15) is 0 Å². The van der Waals surface area contributed by atoms with Gasteiger partial charge in [0.25, 0.3) is 0 Å². The third-order valence-corrected chi connectivity index (χ3v) is 3.93. The summed E-state index contributed by atoms with van der Waals surface area (Å²) < 4.78 is 0. The lowest BCUT2D eigenvalue weighted by molar-refractivity contribution is 1.26. The molecule has 0 aliphatic carbocycles. The predicted molar refractivity (Wildman–Crippen MR) is 82.1 cm³/mol. The van der Waals surface area contributed by atoms with Crippen LogP contribution in [0.2, 0.25) is 10.0 Å². The van der Waals surface area contributed by atoms with Crippen LogP contribution in [-0.4, -0.2) is 9.97 Å². The third kappa shape index (κ3) is 2.54. The molecule has 96 valence electrons. The molecule has 0 atom stereocenters. The predicted octanol–water partition coefficient (Wildman–Crippen LogP) is 5.42. The van der Waals surface area contributed by atoms with Crippen molar-refractivity contribution in [1.29, 1.82) is 0 Å². The Kier molecular flexibility index (Phi) is 3.35. The molecule has 3 rings (SSSR count). The van der Waals surface area contributed by atoms with E-state index in [1.807, 2.05) is 30.5 Å². The standard InChI is InChI=1S/C14H10Cl2N2S/c1-8-13(10-4-11(15)6-12(16)5-10)18-14(17-8)9-2-3-19-7-9/h2-7H,1H3,(H,17,18). The zero-order valence-corrected chi connectivity index (χ0v) is 12.4. The molecule has 0 bridgehead atoms. The molecule has 0 radical (unpaired) electrons. The fourth-order valence-electron chi connectivity index (χ4n) is 1.97. The first-order chi connectivity index (χ1) is 9.13. The maximum atomic E-state index is 6.04. The van der Waals surface area contributed by atoms with E-state index in [1.165, 1.54) is 0 Å². The third-order valence-electron chi connectivity index (χ3n) is 2.82. The molecule has 19 heavy (non-hydrogen) atoms. The normalized spacial score (nSPS) is 10.9. The van der Waals surface area contributed by atoms with Crippen LogP contribution in [0.1, 0.15) is 5.69 Å². The van der Waals surface area contributed by atoms with Gasteiger partial charge in [-0.1, -0.05) is 23.2 Å². The number of imidazole rings is 1. The molecule has 0 spiro atoms. The number of nitrogens with zero attached hydrogens (tertiary/aromatic N) is 1. The van der Waals surface area contributed by atoms with Gasteiger partial charge in [0.2, 0.25) is 0 Å². The van der Waals surface area contributed by atoms with Gasteiger partial charge in [-0.15, -0.1) is 0 Å². The fourth-order valence-corrected chi connectivity index (χ4v) is 3.13. The van der Waals surface area contributed by atoms with Crippen LogP contribution in [0.25, 0.3) is 22.6 Å². The monoisotopic (exact) mass is 308 g/mol. The number of hydrogen-bond acceptors (Lipinski definition) is 2. The summed E-state index contributed by atoms with van der Waals surface area (Å²) in [6.07, 6.45) is 0. The van der Waals surface area contributed by atoms with E-state index in [4.69, 9.17) is 23.2 Å². The Morgan fingerprint density at radius 1 is 1.11 bits per heavy atom. The van der Waals surface area contributed by atoms with Crippen LogP contribution in [0.15, 0.2) is 35.0 Å². The Hall–Kier alpha value is -1.29. The van der Waals surface area contributed by atoms with Gasteiger partial charge in [0.1, 0.15) is 5.82 Å². The van der Waals surface area contributed by atoms with E-state index < -0.39 is 0 Å². The Balaban J connectivity index is 2.10. The number of hydrogen-bond donors (Lipinski definition) is 1. The number of thiophene rings is 1. The first-order valence-corrected chi connectivity index (χ1v) is 7.39. The van der Waals surface area contributed by atoms with Crippen molar-refractivity contribution in [2.24, 2.45) is 0 Å². The van der Waals surface area contributed by atoms with Gasteiger partial charge < -0.3 is 4.98 Å². The first-order valence-electron chi connectivity index (χ1n) is 5.69. The Morgan fingerprint density at radius 2 is 1.84 bits per heavy atom. The lowest BCUT2D eigenvalue weighted by Crippen LogP contribution is -1.82. The van der Waals surface area contributed by atoms with E-state index in [0.717, 1.165) is 28.3 Å². The van der Waals surface area contributed by atoms with Gasteiger partial charge in [-0.25, -0.2) is 4.98 Å². The lowest BCUT2D eigenvalue weighted by atomic mass is 10.1. The molecule has 5 heteroatoms. The van der Waals surface area contributed by atoms with Crippen molar-refractivity contribution >= 4 is 34.5 Å². The quantitative estimate of drug-likeness (QED) is 0.672. The van der Waals surface area contributed by atoms with Crippen molar-refractivity contribution in [3.8, 4) is 22.6 Å². The summed E-state index contributed by atoms with van der Waals surface area (Å²) >= 11 is 13.7. The second-order valence-electron chi connectivity index (χ2n) is 4.23. The number of aryl methyl sites for hydroxylation is 1. The van der Waals surface area contributed by atoms with E-state index in [2.05, 4.69) is 15.3 Å². The SMILES string of the molecule is Cc1[nH]c(-c2ccsc2)nc1-c1cc(Cl)cc(Cl)c1. The second kappa shape index (κ2) is 5.00. The summed E-state index contributed by atoms with van der Waals surface area (Å²) in [5.74, 6) is 0.866. The summed E-state index contributed by atoms with van der Waals surface area (Å²) in [6, 6.07) is 7.49. The average molecular weight is 309 g/mol. The van der Waals surface area contributed by atoms with E-state index in [0.29, 0.717) is 10.0 Å². The number of H-pyrrole nitrogens is 1. The molecule has 0 aliphatic heterocycles. The molecule has 0 fully saturated rings. The molecule has 0 saturated heterocycles. The molecule has 1 aromatic carbocycles. The maximum Gasteiger partial charge on any atom is 0.139 e. The zero-order valence-electron chi connectivity index (χ0n) is 10.1. The van der Waals surface area contributed by atoms with E-state index >= 15 is 0 Å². The molecular formula is C14H10Cl2N2S. The zero-order chi connectivity index (χ0) is 13.4. The number of nitrogens with one attached hydrogen (secondary N) is 1. The van der Waals surface area contributed by atoms with Crippen LogP contribution >= 0.6 is 34.5 Å². The first kappa shape index (κ1) is 12.7. The molecule has 0 unspecified atom stereocenters. The number of aromatic nitrogens is 2. The van der Waals surface area contributed by atoms with Crippen LogP contribution in [0.5, 0.6) is 0 Å². The summed E-state index contributed by atoms with van der Waals surface area (Å²) in [7, 11) is 0. The molecule has 0 saturated carbocycles. The van der Waals surface area contributed by atoms with Crippen LogP contribution in [0.4, 0.5) is 0 Å². The van der Waals surface area contributed by atoms with Crippen molar-refractivity contribution in [3.63, 3.8) is 0 Å². The molecule has 1 N–H and O–H groups in total. The summed E-state index contributed by atoms with van der Waals surface area (Å²) in [4.78, 5) is 7.93. The van der Waals surface area contributed by atoms with E-state index in [-0.39, 0.29) is 0 Å². The molecule has 2 nitrogen and oxygen atoms in total. The second-order valence-corrected chi connectivity index (χ2v) is 5.88. The number of rotatable bonds is 2. The van der Waals surface area contributed by atoms with Crippen molar-refractivity contribution in [2.75, 3.05) is 0 Å². The van der Waals surface area contributed by atoms with Crippen LogP contribution < -0.4 is 0 Å². The average Bonchev–Trinajstić information content (AvgIpc) is 2.95. The summed E-state index contributed by atoms with van der Waals surface area (Å²) in [5, 5.41) is 5.32. The maximum absolute atomic E-state index is 6.04. The summed E-state index contributed by atoms with van der Waals surface area (Å²) in [5.41, 5.74) is 3.89. The molecule has 2 aromatic heterocycles. The largest absolute Gasteiger partial charge is 0.342 e. The van der Waals surface area contributed by atoms with Gasteiger partial charge in [0, 0.05) is 32.2 Å². The van der Waals surface area contributed by atoms with Gasteiger partial charge in [0.15, 0.2) is 0 Å². The van der Waals surface area contributed by atoms with Crippen molar-refractivity contribution < 1.29 is 0 Å². The number of halogens is 2.